The number of hydrogen-bond acceptors (Lipinski definition) is 6. The fourth-order valence-electron chi connectivity index (χ4n) is 4.67. The molecule has 4 fully saturated rings. The summed E-state index contributed by atoms with van der Waals surface area (Å²) in [6.45, 7) is 13.3. The first-order chi connectivity index (χ1) is 10.6. The Morgan fingerprint density at radius 3 is 2.17 bits per heavy atom. The zero-order chi connectivity index (χ0) is 16.8. The molecule has 23 heavy (non-hydrogen) atoms. The van der Waals surface area contributed by atoms with Crippen LogP contribution in [0.4, 0.5) is 0 Å². The van der Waals surface area contributed by atoms with E-state index in [0.717, 1.165) is 5.75 Å². The minimum atomic E-state index is -2.59. The molecular weight excluding hydrogens is 332 g/mol. The molecule has 0 aliphatic carbocycles. The fraction of sp³-hybridized carbons (Fsp3) is 0.938. The second-order valence-corrected chi connectivity index (χ2v) is 15.0. The predicted octanol–water partition coefficient (Wildman–Crippen LogP) is 2.62. The monoisotopic (exact) mass is 358 g/mol. The van der Waals surface area contributed by atoms with Crippen LogP contribution < -0.4 is 0 Å². The van der Waals surface area contributed by atoms with Crippen molar-refractivity contribution >= 4 is 26.3 Å². The molecule has 130 valence electrons. The summed E-state index contributed by atoms with van der Waals surface area (Å²) in [6.07, 6.45) is -0.898. The van der Waals surface area contributed by atoms with E-state index in [1.807, 2.05) is 0 Å². The van der Waals surface area contributed by atoms with E-state index in [0.29, 0.717) is 0 Å². The van der Waals surface area contributed by atoms with Gasteiger partial charge in [0, 0.05) is 15.8 Å². The van der Waals surface area contributed by atoms with E-state index in [9.17, 15) is 4.79 Å². The highest BCUT2D eigenvalue weighted by atomic mass is 32.2. The first-order valence-corrected chi connectivity index (χ1v) is 11.2. The normalized spacial score (nSPS) is 44.9. The highest BCUT2D eigenvalue weighted by Crippen LogP contribution is 2.59. The summed E-state index contributed by atoms with van der Waals surface area (Å²) >= 11 is 1.63. The Labute approximate surface area is 143 Å². The molecular formula is C16H26O5SSi. The summed E-state index contributed by atoms with van der Waals surface area (Å²) < 4.78 is 25.4. The predicted molar refractivity (Wildman–Crippen MR) is 89.7 cm³/mol. The van der Waals surface area contributed by atoms with E-state index in [-0.39, 0.29) is 51.8 Å². The molecule has 0 aromatic carbocycles. The number of thioether (sulfide) groups is 1. The van der Waals surface area contributed by atoms with Gasteiger partial charge >= 0.3 is 14.5 Å². The molecule has 0 aromatic rings. The maximum absolute atomic E-state index is 12.2. The van der Waals surface area contributed by atoms with Crippen LogP contribution in [0.15, 0.2) is 0 Å². The summed E-state index contributed by atoms with van der Waals surface area (Å²) in [4.78, 5) is 12.2. The van der Waals surface area contributed by atoms with Crippen LogP contribution in [-0.2, 0) is 23.1 Å². The van der Waals surface area contributed by atoms with Gasteiger partial charge in [-0.3, -0.25) is 4.79 Å². The Morgan fingerprint density at radius 2 is 1.57 bits per heavy atom. The Morgan fingerprint density at radius 1 is 0.957 bits per heavy atom. The quantitative estimate of drug-likeness (QED) is 0.490. The van der Waals surface area contributed by atoms with Gasteiger partial charge in [0.05, 0.1) is 6.10 Å². The van der Waals surface area contributed by atoms with Crippen LogP contribution in [0.1, 0.15) is 41.5 Å². The van der Waals surface area contributed by atoms with Crippen molar-refractivity contribution in [2.75, 3.05) is 5.75 Å². The van der Waals surface area contributed by atoms with E-state index in [2.05, 4.69) is 41.5 Å². The number of ether oxygens (including phenoxy) is 2. The average molecular weight is 359 g/mol. The molecule has 6 atom stereocenters. The second kappa shape index (κ2) is 4.75. The SMILES string of the molecule is CC(C)(C)[Si]1(C(C)(C)C)OC2C3CSC4C(=O)OC2C(O1)C4O3. The lowest BCUT2D eigenvalue weighted by Gasteiger charge is -2.64. The summed E-state index contributed by atoms with van der Waals surface area (Å²) in [7, 11) is -2.59. The first-order valence-electron chi connectivity index (χ1n) is 8.38. The van der Waals surface area contributed by atoms with E-state index < -0.39 is 8.56 Å². The third-order valence-electron chi connectivity index (χ3n) is 5.47. The molecule has 4 rings (SSSR count). The zero-order valence-electron chi connectivity index (χ0n) is 14.6. The number of carbonyl (C=O) groups excluding carboxylic acids is 1. The standard InChI is InChI=1S/C16H26O5SSi/c1-15(2,3)23(16(4,5)6)20-9-8-7-22-13-12(18-8)11(21-23)10(9)19-14(13)17/h8-13H,7H2,1-6H3. The van der Waals surface area contributed by atoms with Crippen molar-refractivity contribution in [3.63, 3.8) is 0 Å². The minimum absolute atomic E-state index is 0.00363. The summed E-state index contributed by atoms with van der Waals surface area (Å²) in [6, 6.07) is 0. The Kier molecular flexibility index (Phi) is 3.39. The molecule has 4 aliphatic rings. The van der Waals surface area contributed by atoms with Crippen LogP contribution in [0.3, 0.4) is 0 Å². The van der Waals surface area contributed by atoms with Crippen molar-refractivity contribution < 1.29 is 23.1 Å². The van der Waals surface area contributed by atoms with Crippen molar-refractivity contribution in [2.24, 2.45) is 0 Å². The van der Waals surface area contributed by atoms with Crippen molar-refractivity contribution in [1.82, 2.24) is 0 Å². The van der Waals surface area contributed by atoms with Gasteiger partial charge in [0.15, 0.2) is 6.10 Å². The Hall–Kier alpha value is -0.0831. The van der Waals surface area contributed by atoms with Gasteiger partial charge in [0.25, 0.3) is 0 Å². The van der Waals surface area contributed by atoms with Crippen LogP contribution in [-0.4, -0.2) is 56.1 Å². The smallest absolute Gasteiger partial charge is 0.350 e. The van der Waals surface area contributed by atoms with Crippen LogP contribution in [0.2, 0.25) is 10.1 Å². The van der Waals surface area contributed by atoms with E-state index in [1.165, 1.54) is 0 Å². The fourth-order valence-corrected chi connectivity index (χ4v) is 11.0. The first kappa shape index (κ1) is 16.4. The minimum Gasteiger partial charge on any atom is -0.456 e. The van der Waals surface area contributed by atoms with Gasteiger partial charge in [-0.15, -0.1) is 11.8 Å². The molecule has 0 amide bonds. The molecule has 0 spiro atoms. The maximum Gasteiger partial charge on any atom is 0.350 e. The number of esters is 1. The number of carbonyl (C=O) groups is 1. The molecule has 4 aliphatic heterocycles. The molecule has 5 bridgehead atoms. The molecule has 0 aromatic heterocycles. The van der Waals surface area contributed by atoms with Crippen molar-refractivity contribution in [2.45, 2.75) is 87.4 Å². The lowest BCUT2D eigenvalue weighted by molar-refractivity contribution is -0.273. The summed E-state index contributed by atoms with van der Waals surface area (Å²) in [5, 5.41) is -0.410. The van der Waals surface area contributed by atoms with E-state index >= 15 is 0 Å². The van der Waals surface area contributed by atoms with Gasteiger partial charge < -0.3 is 18.3 Å². The molecule has 4 saturated heterocycles. The average Bonchev–Trinajstić information content (AvgIpc) is 2.41. The van der Waals surface area contributed by atoms with Gasteiger partial charge in [-0.1, -0.05) is 41.5 Å². The second-order valence-electron chi connectivity index (χ2n) is 9.08. The van der Waals surface area contributed by atoms with Crippen LogP contribution in [0.25, 0.3) is 0 Å². The zero-order valence-corrected chi connectivity index (χ0v) is 16.4. The third kappa shape index (κ3) is 2.06. The van der Waals surface area contributed by atoms with E-state index in [1.54, 1.807) is 11.8 Å². The maximum atomic E-state index is 12.2. The molecule has 7 heteroatoms. The molecule has 4 heterocycles. The van der Waals surface area contributed by atoms with Gasteiger partial charge in [-0.05, 0) is 0 Å². The number of hydrogen-bond donors (Lipinski definition) is 0. The lowest BCUT2D eigenvalue weighted by Crippen LogP contribution is -2.79. The van der Waals surface area contributed by atoms with E-state index in [4.69, 9.17) is 18.3 Å². The largest absolute Gasteiger partial charge is 0.456 e. The van der Waals surface area contributed by atoms with Crippen LogP contribution in [0, 0.1) is 0 Å². The topological polar surface area (TPSA) is 54.0 Å². The molecule has 0 saturated carbocycles. The summed E-state index contributed by atoms with van der Waals surface area (Å²) in [5.74, 6) is 0.625. The van der Waals surface area contributed by atoms with Crippen LogP contribution in [0.5, 0.6) is 0 Å². The number of rotatable bonds is 0. The van der Waals surface area contributed by atoms with Crippen molar-refractivity contribution in [3.8, 4) is 0 Å². The molecule has 6 unspecified atom stereocenters. The third-order valence-corrected chi connectivity index (χ3v) is 12.0. The van der Waals surface area contributed by atoms with Crippen molar-refractivity contribution in [3.05, 3.63) is 0 Å². The Balaban J connectivity index is 1.80. The van der Waals surface area contributed by atoms with Gasteiger partial charge in [0.1, 0.15) is 23.6 Å². The summed E-state index contributed by atoms with van der Waals surface area (Å²) in [5.41, 5.74) is 0. The van der Waals surface area contributed by atoms with Crippen LogP contribution >= 0.6 is 11.8 Å². The van der Waals surface area contributed by atoms with Gasteiger partial charge in [-0.25, -0.2) is 0 Å². The highest BCUT2D eigenvalue weighted by molar-refractivity contribution is 8.00. The Bertz CT molecular complexity index is 513. The molecule has 0 N–H and O–H groups in total. The van der Waals surface area contributed by atoms with Crippen molar-refractivity contribution in [1.29, 1.82) is 0 Å². The highest BCUT2D eigenvalue weighted by Gasteiger charge is 2.71. The lowest BCUT2D eigenvalue weighted by atomic mass is 9.90. The molecule has 5 nitrogen and oxygen atoms in total. The number of fused-ring (bicyclic) bond motifs is 2. The molecule has 0 radical (unpaired) electrons. The van der Waals surface area contributed by atoms with Gasteiger partial charge in [-0.2, -0.15) is 0 Å². The van der Waals surface area contributed by atoms with Gasteiger partial charge in [0.2, 0.25) is 0 Å².